The summed E-state index contributed by atoms with van der Waals surface area (Å²) in [7, 11) is -4.48. The van der Waals surface area contributed by atoms with Crippen molar-refractivity contribution in [3.8, 4) is 0 Å². The summed E-state index contributed by atoms with van der Waals surface area (Å²) in [5.74, 6) is -3.71. The summed E-state index contributed by atoms with van der Waals surface area (Å²) in [4.78, 5) is 40.9. The van der Waals surface area contributed by atoms with Crippen LogP contribution in [0.4, 0.5) is 8.78 Å². The molecule has 0 spiro atoms. The molecule has 1 aromatic heterocycles. The lowest BCUT2D eigenvalue weighted by Gasteiger charge is -2.36. The third-order valence-electron chi connectivity index (χ3n) is 5.63. The van der Waals surface area contributed by atoms with Crippen molar-refractivity contribution < 1.29 is 36.0 Å². The van der Waals surface area contributed by atoms with Gasteiger partial charge >= 0.3 is 0 Å². The molecule has 12 heteroatoms. The number of carbonyl (C=O) groups is 3. The van der Waals surface area contributed by atoms with Gasteiger partial charge in [0, 0.05) is 31.7 Å². The Labute approximate surface area is 205 Å². The van der Waals surface area contributed by atoms with E-state index in [0.717, 1.165) is 30.3 Å². The van der Waals surface area contributed by atoms with E-state index in [4.69, 9.17) is 4.42 Å². The SMILES string of the molecule is O=C(NC(C(=O)N1CCN(C(=O)c2cccc(F)c2)CC1)S(=O)(=O)c1ccc(F)cc1)c1ccco1. The molecular weight excluding hydrogens is 496 g/mol. The summed E-state index contributed by atoms with van der Waals surface area (Å²) >= 11 is 0. The number of amides is 3. The predicted molar refractivity (Wildman–Crippen MR) is 122 cm³/mol. The molecule has 1 unspecified atom stereocenters. The molecular formula is C24H21F2N3O6S. The summed E-state index contributed by atoms with van der Waals surface area (Å²) in [5.41, 5.74) is 0.150. The second-order valence-corrected chi connectivity index (χ2v) is 9.99. The fraction of sp³-hybridized carbons (Fsp3) is 0.208. The molecule has 4 rings (SSSR count). The van der Waals surface area contributed by atoms with Crippen molar-refractivity contribution in [2.75, 3.05) is 26.2 Å². The molecule has 1 saturated heterocycles. The normalized spacial score (nSPS) is 14.8. The fourth-order valence-corrected chi connectivity index (χ4v) is 5.19. The molecule has 1 aliphatic rings. The summed E-state index contributed by atoms with van der Waals surface area (Å²) in [6, 6.07) is 11.8. The second kappa shape index (κ2) is 10.3. The Kier molecular flexibility index (Phi) is 7.15. The van der Waals surface area contributed by atoms with Crippen LogP contribution in [0.1, 0.15) is 20.9 Å². The Hall–Kier alpha value is -4.06. The average Bonchev–Trinajstić information content (AvgIpc) is 3.42. The first kappa shape index (κ1) is 25.0. The Morgan fingerprint density at radius 2 is 1.53 bits per heavy atom. The molecule has 3 aromatic rings. The Morgan fingerprint density at radius 1 is 0.861 bits per heavy atom. The summed E-state index contributed by atoms with van der Waals surface area (Å²) < 4.78 is 58.5. The summed E-state index contributed by atoms with van der Waals surface area (Å²) in [6.45, 7) is 0.0883. The zero-order chi connectivity index (χ0) is 25.9. The highest BCUT2D eigenvalue weighted by molar-refractivity contribution is 7.92. The van der Waals surface area contributed by atoms with E-state index in [9.17, 15) is 31.6 Å². The molecule has 3 amide bonds. The molecule has 0 saturated carbocycles. The van der Waals surface area contributed by atoms with Crippen LogP contribution in [0.2, 0.25) is 0 Å². The molecule has 0 bridgehead atoms. The maximum atomic E-state index is 13.5. The van der Waals surface area contributed by atoms with Crippen molar-refractivity contribution in [2.24, 2.45) is 0 Å². The Morgan fingerprint density at radius 3 is 2.14 bits per heavy atom. The van der Waals surface area contributed by atoms with Crippen molar-refractivity contribution in [3.63, 3.8) is 0 Å². The van der Waals surface area contributed by atoms with Crippen LogP contribution in [0, 0.1) is 11.6 Å². The van der Waals surface area contributed by atoms with Gasteiger partial charge in [0.15, 0.2) is 5.76 Å². The lowest BCUT2D eigenvalue weighted by atomic mass is 10.1. The van der Waals surface area contributed by atoms with Gasteiger partial charge in [-0.15, -0.1) is 0 Å². The topological polar surface area (TPSA) is 117 Å². The quantitative estimate of drug-likeness (QED) is 0.501. The van der Waals surface area contributed by atoms with Crippen molar-refractivity contribution in [2.45, 2.75) is 10.3 Å². The monoisotopic (exact) mass is 517 g/mol. The Bertz CT molecular complexity index is 1370. The van der Waals surface area contributed by atoms with Gasteiger partial charge in [0.1, 0.15) is 11.6 Å². The van der Waals surface area contributed by atoms with Crippen molar-refractivity contribution >= 4 is 27.6 Å². The minimum Gasteiger partial charge on any atom is -0.459 e. The predicted octanol–water partition coefficient (Wildman–Crippen LogP) is 2.07. The van der Waals surface area contributed by atoms with Gasteiger partial charge in [-0.2, -0.15) is 0 Å². The minimum absolute atomic E-state index is 0.0219. The van der Waals surface area contributed by atoms with Crippen LogP contribution in [0.25, 0.3) is 0 Å². The number of hydrogen-bond acceptors (Lipinski definition) is 6. The van der Waals surface area contributed by atoms with Crippen LogP contribution in [0.5, 0.6) is 0 Å². The molecule has 1 atom stereocenters. The second-order valence-electron chi connectivity index (χ2n) is 7.96. The number of piperazine rings is 1. The highest BCUT2D eigenvalue weighted by Gasteiger charge is 2.40. The standard InChI is InChI=1S/C24H21F2N3O6S/c25-17-6-8-19(9-7-17)36(33,34)22(27-21(30)20-5-2-14-35-20)24(32)29-12-10-28(11-13-29)23(31)16-3-1-4-18(26)15-16/h1-9,14-15,22H,10-13H2,(H,27,30). The van der Waals surface area contributed by atoms with Crippen molar-refractivity contribution in [3.05, 3.63) is 89.9 Å². The zero-order valence-corrected chi connectivity index (χ0v) is 19.6. The lowest BCUT2D eigenvalue weighted by molar-refractivity contribution is -0.132. The van der Waals surface area contributed by atoms with Crippen LogP contribution in [0.3, 0.4) is 0 Å². The van der Waals surface area contributed by atoms with Crippen molar-refractivity contribution in [1.82, 2.24) is 15.1 Å². The van der Waals surface area contributed by atoms with E-state index < -0.39 is 44.6 Å². The highest BCUT2D eigenvalue weighted by atomic mass is 32.2. The van der Waals surface area contributed by atoms with Crippen LogP contribution in [-0.4, -0.2) is 67.5 Å². The number of rotatable bonds is 6. The van der Waals surface area contributed by atoms with Crippen molar-refractivity contribution in [1.29, 1.82) is 0 Å². The van der Waals surface area contributed by atoms with E-state index in [-0.39, 0.29) is 42.4 Å². The maximum Gasteiger partial charge on any atom is 0.288 e. The van der Waals surface area contributed by atoms with E-state index in [1.54, 1.807) is 0 Å². The first-order chi connectivity index (χ1) is 17.2. The van der Waals surface area contributed by atoms with E-state index in [1.165, 1.54) is 46.4 Å². The molecule has 36 heavy (non-hydrogen) atoms. The van der Waals surface area contributed by atoms with Crippen LogP contribution in [0.15, 0.2) is 76.2 Å². The van der Waals surface area contributed by atoms with Gasteiger partial charge in [-0.05, 0) is 54.6 Å². The highest BCUT2D eigenvalue weighted by Crippen LogP contribution is 2.19. The number of nitrogens with zero attached hydrogens (tertiary/aromatic N) is 2. The molecule has 2 aromatic carbocycles. The molecule has 0 aliphatic carbocycles. The Balaban J connectivity index is 1.53. The number of hydrogen-bond donors (Lipinski definition) is 1. The number of benzene rings is 2. The number of furan rings is 1. The third kappa shape index (κ3) is 5.28. The van der Waals surface area contributed by atoms with Gasteiger partial charge < -0.3 is 19.5 Å². The number of nitrogens with one attached hydrogen (secondary N) is 1. The fourth-order valence-electron chi connectivity index (χ4n) is 3.73. The van der Waals surface area contributed by atoms with Crippen LogP contribution < -0.4 is 5.32 Å². The molecule has 9 nitrogen and oxygen atoms in total. The number of halogens is 2. The molecule has 1 fully saturated rings. The average molecular weight is 518 g/mol. The van der Waals surface area contributed by atoms with E-state index >= 15 is 0 Å². The molecule has 1 aliphatic heterocycles. The molecule has 188 valence electrons. The van der Waals surface area contributed by atoms with Gasteiger partial charge in [-0.25, -0.2) is 17.2 Å². The lowest BCUT2D eigenvalue weighted by Crippen LogP contribution is -2.57. The van der Waals surface area contributed by atoms with Gasteiger partial charge in [0.2, 0.25) is 15.2 Å². The third-order valence-corrected chi connectivity index (χ3v) is 7.50. The number of carbonyl (C=O) groups excluding carboxylic acids is 3. The van der Waals surface area contributed by atoms with E-state index in [0.29, 0.717) is 0 Å². The molecule has 0 radical (unpaired) electrons. The van der Waals surface area contributed by atoms with Crippen LogP contribution in [-0.2, 0) is 14.6 Å². The van der Waals surface area contributed by atoms with Gasteiger partial charge in [0.25, 0.3) is 17.7 Å². The first-order valence-electron chi connectivity index (χ1n) is 10.8. The largest absolute Gasteiger partial charge is 0.459 e. The number of sulfone groups is 1. The summed E-state index contributed by atoms with van der Waals surface area (Å²) in [6.07, 6.45) is 1.22. The van der Waals surface area contributed by atoms with E-state index in [2.05, 4.69) is 5.32 Å². The zero-order valence-electron chi connectivity index (χ0n) is 18.8. The minimum atomic E-state index is -4.48. The molecule has 1 N–H and O–H groups in total. The smallest absolute Gasteiger partial charge is 0.288 e. The summed E-state index contributed by atoms with van der Waals surface area (Å²) in [5, 5.41) is 0.186. The molecule has 2 heterocycles. The van der Waals surface area contributed by atoms with Gasteiger partial charge in [-0.1, -0.05) is 6.07 Å². The van der Waals surface area contributed by atoms with Crippen LogP contribution >= 0.6 is 0 Å². The first-order valence-corrected chi connectivity index (χ1v) is 12.4. The van der Waals surface area contributed by atoms with E-state index in [1.807, 2.05) is 0 Å². The van der Waals surface area contributed by atoms with Gasteiger partial charge in [0.05, 0.1) is 11.2 Å². The maximum absolute atomic E-state index is 13.5. The van der Waals surface area contributed by atoms with Gasteiger partial charge in [-0.3, -0.25) is 14.4 Å².